The number of hydrogen-bond acceptors (Lipinski definition) is 2. The Bertz CT molecular complexity index is 841. The summed E-state index contributed by atoms with van der Waals surface area (Å²) in [6, 6.07) is 11.7. The number of fused-ring (bicyclic) bond motifs is 1. The van der Waals surface area contributed by atoms with Crippen molar-refractivity contribution in [1.29, 1.82) is 0 Å². The molecule has 0 aliphatic carbocycles. The number of aromatic amines is 1. The third-order valence-electron chi connectivity index (χ3n) is 4.18. The molecule has 5 heteroatoms. The van der Waals surface area contributed by atoms with E-state index in [0.29, 0.717) is 16.6 Å². The number of rotatable bonds is 6. The molecular weight excluding hydrogens is 343 g/mol. The van der Waals surface area contributed by atoms with Crippen molar-refractivity contribution in [2.45, 2.75) is 19.3 Å². The van der Waals surface area contributed by atoms with E-state index in [0.717, 1.165) is 47.2 Å². The molecule has 3 N–H and O–H groups in total. The van der Waals surface area contributed by atoms with Crippen LogP contribution < -0.4 is 10.5 Å². The van der Waals surface area contributed by atoms with Gasteiger partial charge in [-0.1, -0.05) is 23.2 Å². The number of nitrogens with two attached hydrogens (primary N) is 1. The van der Waals surface area contributed by atoms with Crippen molar-refractivity contribution < 1.29 is 4.74 Å². The van der Waals surface area contributed by atoms with Gasteiger partial charge in [0.1, 0.15) is 5.75 Å². The van der Waals surface area contributed by atoms with Gasteiger partial charge >= 0.3 is 0 Å². The monoisotopic (exact) mass is 362 g/mol. The largest absolute Gasteiger partial charge is 0.497 e. The molecule has 0 unspecified atom stereocenters. The lowest BCUT2D eigenvalue weighted by Gasteiger charge is -2.07. The fourth-order valence-corrected chi connectivity index (χ4v) is 3.62. The molecule has 0 bridgehead atoms. The van der Waals surface area contributed by atoms with E-state index in [1.165, 1.54) is 5.56 Å². The molecule has 126 valence electrons. The highest BCUT2D eigenvalue weighted by Crippen LogP contribution is 2.37. The van der Waals surface area contributed by atoms with E-state index in [1.807, 2.05) is 30.3 Å². The van der Waals surface area contributed by atoms with Gasteiger partial charge in [0.05, 0.1) is 12.1 Å². The Morgan fingerprint density at radius 3 is 2.50 bits per heavy atom. The summed E-state index contributed by atoms with van der Waals surface area (Å²) in [4.78, 5) is 3.49. The van der Waals surface area contributed by atoms with Crippen LogP contribution in [0.5, 0.6) is 5.75 Å². The molecule has 3 aromatic rings. The molecule has 0 amide bonds. The van der Waals surface area contributed by atoms with Gasteiger partial charge < -0.3 is 15.5 Å². The topological polar surface area (TPSA) is 51.0 Å². The molecule has 1 aromatic heterocycles. The summed E-state index contributed by atoms with van der Waals surface area (Å²) in [6.07, 6.45) is 2.92. The molecule has 0 saturated carbocycles. The zero-order chi connectivity index (χ0) is 17.1. The quantitative estimate of drug-likeness (QED) is 0.574. The standard InChI is InChI=1S/C19H20Cl2N2O/c1-24-14-7-5-12(6-8-14)19-15(4-2-3-9-22)18-16(21)10-13(20)11-17(18)23-19/h5-8,10-11,23H,2-4,9,22H2,1H3. The van der Waals surface area contributed by atoms with E-state index in [9.17, 15) is 0 Å². The first kappa shape index (κ1) is 17.2. The van der Waals surface area contributed by atoms with Crippen LogP contribution in [0.2, 0.25) is 10.0 Å². The average Bonchev–Trinajstić information content (AvgIpc) is 2.94. The van der Waals surface area contributed by atoms with Crippen LogP contribution in [0.4, 0.5) is 0 Å². The van der Waals surface area contributed by atoms with E-state index >= 15 is 0 Å². The lowest BCUT2D eigenvalue weighted by atomic mass is 10.00. The van der Waals surface area contributed by atoms with Crippen molar-refractivity contribution in [3.05, 3.63) is 52.0 Å². The number of H-pyrrole nitrogens is 1. The van der Waals surface area contributed by atoms with E-state index in [1.54, 1.807) is 13.2 Å². The highest BCUT2D eigenvalue weighted by Gasteiger charge is 2.16. The maximum atomic E-state index is 6.48. The van der Waals surface area contributed by atoms with Crippen LogP contribution in [-0.2, 0) is 6.42 Å². The number of hydrogen-bond donors (Lipinski definition) is 2. The second kappa shape index (κ2) is 7.47. The number of unbranched alkanes of at least 4 members (excludes halogenated alkanes) is 1. The molecule has 24 heavy (non-hydrogen) atoms. The van der Waals surface area contributed by atoms with E-state index in [2.05, 4.69) is 4.98 Å². The summed E-state index contributed by atoms with van der Waals surface area (Å²) in [5, 5.41) is 2.35. The number of halogens is 2. The minimum absolute atomic E-state index is 0.628. The predicted molar refractivity (Wildman–Crippen MR) is 102 cm³/mol. The van der Waals surface area contributed by atoms with E-state index in [-0.39, 0.29) is 0 Å². The van der Waals surface area contributed by atoms with Crippen LogP contribution in [0.25, 0.3) is 22.2 Å². The first-order valence-electron chi connectivity index (χ1n) is 7.98. The Morgan fingerprint density at radius 2 is 1.83 bits per heavy atom. The molecule has 0 atom stereocenters. The van der Waals surface area contributed by atoms with Crippen molar-refractivity contribution in [3.8, 4) is 17.0 Å². The summed E-state index contributed by atoms with van der Waals surface area (Å²) in [5.74, 6) is 0.834. The first-order valence-corrected chi connectivity index (χ1v) is 8.73. The fraction of sp³-hybridized carbons (Fsp3) is 0.263. The van der Waals surface area contributed by atoms with E-state index in [4.69, 9.17) is 33.7 Å². The number of nitrogens with one attached hydrogen (secondary N) is 1. The van der Waals surface area contributed by atoms with Crippen LogP contribution in [0, 0.1) is 0 Å². The number of ether oxygens (including phenoxy) is 1. The SMILES string of the molecule is COc1ccc(-c2[nH]c3cc(Cl)cc(Cl)c3c2CCCCN)cc1. The molecule has 0 saturated heterocycles. The number of methoxy groups -OCH3 is 1. The van der Waals surface area contributed by atoms with Crippen molar-refractivity contribution in [2.24, 2.45) is 5.73 Å². The zero-order valence-electron chi connectivity index (χ0n) is 13.5. The maximum absolute atomic E-state index is 6.48. The second-order valence-corrected chi connectivity index (χ2v) is 6.61. The summed E-state index contributed by atoms with van der Waals surface area (Å²) in [6.45, 7) is 0.694. The summed E-state index contributed by atoms with van der Waals surface area (Å²) in [5.41, 5.74) is 10.00. The van der Waals surface area contributed by atoms with Gasteiger partial charge in [-0.15, -0.1) is 0 Å². The predicted octanol–water partition coefficient (Wildman–Crippen LogP) is 5.43. The summed E-state index contributed by atoms with van der Waals surface area (Å²) >= 11 is 12.6. The van der Waals surface area contributed by atoms with Crippen LogP contribution in [0.15, 0.2) is 36.4 Å². The fourth-order valence-electron chi connectivity index (χ4n) is 3.01. The lowest BCUT2D eigenvalue weighted by molar-refractivity contribution is 0.415. The first-order chi connectivity index (χ1) is 11.6. The van der Waals surface area contributed by atoms with Crippen LogP contribution in [-0.4, -0.2) is 18.6 Å². The molecular formula is C19H20Cl2N2O. The van der Waals surface area contributed by atoms with Gasteiger partial charge in [0.25, 0.3) is 0 Å². The Morgan fingerprint density at radius 1 is 1.08 bits per heavy atom. The second-order valence-electron chi connectivity index (χ2n) is 5.76. The third kappa shape index (κ3) is 3.39. The van der Waals surface area contributed by atoms with Gasteiger partial charge in [-0.2, -0.15) is 0 Å². The number of benzene rings is 2. The van der Waals surface area contributed by atoms with Crippen LogP contribution >= 0.6 is 23.2 Å². The van der Waals surface area contributed by atoms with Crippen molar-refractivity contribution >= 4 is 34.1 Å². The number of aromatic nitrogens is 1. The normalized spacial score (nSPS) is 11.2. The summed E-state index contributed by atoms with van der Waals surface area (Å²) in [7, 11) is 1.66. The third-order valence-corrected chi connectivity index (χ3v) is 4.69. The van der Waals surface area contributed by atoms with Crippen molar-refractivity contribution in [1.82, 2.24) is 4.98 Å². The summed E-state index contributed by atoms with van der Waals surface area (Å²) < 4.78 is 5.25. The molecule has 0 radical (unpaired) electrons. The Labute approximate surface area is 151 Å². The molecule has 0 fully saturated rings. The Balaban J connectivity index is 2.13. The maximum Gasteiger partial charge on any atom is 0.118 e. The Hall–Kier alpha value is -1.68. The lowest BCUT2D eigenvalue weighted by Crippen LogP contribution is -1.99. The minimum Gasteiger partial charge on any atom is -0.497 e. The van der Waals surface area contributed by atoms with Gasteiger partial charge in [-0.25, -0.2) is 0 Å². The van der Waals surface area contributed by atoms with Gasteiger partial charge in [0, 0.05) is 21.6 Å². The highest BCUT2D eigenvalue weighted by molar-refractivity contribution is 6.39. The van der Waals surface area contributed by atoms with Gasteiger partial charge in [0.2, 0.25) is 0 Å². The molecule has 2 aromatic carbocycles. The van der Waals surface area contributed by atoms with Gasteiger partial charge in [-0.3, -0.25) is 0 Å². The molecule has 0 aliphatic rings. The van der Waals surface area contributed by atoms with Crippen molar-refractivity contribution in [3.63, 3.8) is 0 Å². The van der Waals surface area contributed by atoms with Crippen molar-refractivity contribution in [2.75, 3.05) is 13.7 Å². The highest BCUT2D eigenvalue weighted by atomic mass is 35.5. The number of aryl methyl sites for hydroxylation is 1. The van der Waals surface area contributed by atoms with Crippen LogP contribution in [0.1, 0.15) is 18.4 Å². The van der Waals surface area contributed by atoms with Crippen LogP contribution in [0.3, 0.4) is 0 Å². The Kier molecular flexibility index (Phi) is 5.34. The minimum atomic E-state index is 0.628. The molecule has 3 rings (SSSR count). The molecule has 0 spiro atoms. The van der Waals surface area contributed by atoms with Gasteiger partial charge in [-0.05, 0) is 73.3 Å². The average molecular weight is 363 g/mol. The smallest absolute Gasteiger partial charge is 0.118 e. The van der Waals surface area contributed by atoms with E-state index < -0.39 is 0 Å². The van der Waals surface area contributed by atoms with Gasteiger partial charge in [0.15, 0.2) is 0 Å². The zero-order valence-corrected chi connectivity index (χ0v) is 15.0. The molecule has 3 nitrogen and oxygen atoms in total. The molecule has 0 aliphatic heterocycles. The molecule has 1 heterocycles.